The zero-order valence-electron chi connectivity index (χ0n) is 14.9. The average molecular weight is 350 g/mol. The Kier molecular flexibility index (Phi) is 5.59. The number of ether oxygens (including phenoxy) is 2. The number of nitrogens with zero attached hydrogens (tertiary/aromatic N) is 1. The molecule has 0 bridgehead atoms. The summed E-state index contributed by atoms with van der Waals surface area (Å²) >= 11 is 0. The number of carbonyl (C=O) groups is 1. The van der Waals surface area contributed by atoms with Gasteiger partial charge in [-0.05, 0) is 60.5 Å². The van der Waals surface area contributed by atoms with Gasteiger partial charge in [0.15, 0.2) is 11.5 Å². The van der Waals surface area contributed by atoms with E-state index >= 15 is 0 Å². The van der Waals surface area contributed by atoms with E-state index in [1.165, 1.54) is 0 Å². The number of amides is 1. The fraction of sp³-hybridized carbons (Fsp3) is 0.190. The van der Waals surface area contributed by atoms with Crippen LogP contribution in [0, 0.1) is 0 Å². The summed E-state index contributed by atoms with van der Waals surface area (Å²) in [6.45, 7) is 0.549. The lowest BCUT2D eigenvalue weighted by atomic mass is 10.1. The van der Waals surface area contributed by atoms with Gasteiger partial charge in [0.05, 0.1) is 14.2 Å². The van der Waals surface area contributed by atoms with Crippen LogP contribution in [0.4, 0.5) is 0 Å². The molecule has 1 N–H and O–H groups in total. The molecular formula is C21H22N2O3. The highest BCUT2D eigenvalue weighted by atomic mass is 16.5. The maximum Gasteiger partial charge on any atom is 0.251 e. The van der Waals surface area contributed by atoms with Crippen molar-refractivity contribution in [3.8, 4) is 17.2 Å². The topological polar surface area (TPSA) is 52.5 Å². The summed E-state index contributed by atoms with van der Waals surface area (Å²) in [4.78, 5) is 12.3. The number of carbonyl (C=O) groups excluding carboxylic acids is 1. The highest BCUT2D eigenvalue weighted by Crippen LogP contribution is 2.27. The van der Waals surface area contributed by atoms with Gasteiger partial charge in [-0.25, -0.2) is 0 Å². The van der Waals surface area contributed by atoms with Crippen molar-refractivity contribution < 1.29 is 14.3 Å². The van der Waals surface area contributed by atoms with Gasteiger partial charge in [0, 0.05) is 30.2 Å². The molecule has 0 aliphatic rings. The molecule has 1 aromatic heterocycles. The van der Waals surface area contributed by atoms with E-state index in [9.17, 15) is 4.79 Å². The molecule has 26 heavy (non-hydrogen) atoms. The first kappa shape index (κ1) is 17.6. The van der Waals surface area contributed by atoms with Gasteiger partial charge in [0.25, 0.3) is 5.91 Å². The Labute approximate surface area is 153 Å². The molecule has 0 saturated heterocycles. The van der Waals surface area contributed by atoms with Crippen LogP contribution in [0.3, 0.4) is 0 Å². The number of nitrogens with one attached hydrogen (secondary N) is 1. The Balaban J connectivity index is 1.56. The molecule has 0 saturated carbocycles. The predicted octanol–water partition coefficient (Wildman–Crippen LogP) is 3.47. The first-order valence-electron chi connectivity index (χ1n) is 8.44. The smallest absolute Gasteiger partial charge is 0.251 e. The third-order valence-electron chi connectivity index (χ3n) is 4.18. The van der Waals surface area contributed by atoms with Crippen molar-refractivity contribution in [2.24, 2.45) is 0 Å². The summed E-state index contributed by atoms with van der Waals surface area (Å²) in [7, 11) is 3.22. The minimum absolute atomic E-state index is 0.0791. The van der Waals surface area contributed by atoms with Crippen LogP contribution in [0.2, 0.25) is 0 Å². The summed E-state index contributed by atoms with van der Waals surface area (Å²) in [6, 6.07) is 17.2. The predicted molar refractivity (Wildman–Crippen MR) is 101 cm³/mol. The van der Waals surface area contributed by atoms with E-state index < -0.39 is 0 Å². The lowest BCUT2D eigenvalue weighted by Crippen LogP contribution is -2.25. The second-order valence-electron chi connectivity index (χ2n) is 5.83. The summed E-state index contributed by atoms with van der Waals surface area (Å²) < 4.78 is 12.5. The van der Waals surface area contributed by atoms with Gasteiger partial charge in [-0.2, -0.15) is 0 Å². The molecule has 5 nitrogen and oxygen atoms in total. The SMILES string of the molecule is COc1ccc(CCNC(=O)c2ccc(-n3cccc3)cc2)cc1OC. The molecule has 3 aromatic rings. The maximum absolute atomic E-state index is 12.3. The number of hydrogen-bond acceptors (Lipinski definition) is 3. The zero-order chi connectivity index (χ0) is 18.4. The van der Waals surface area contributed by atoms with E-state index in [1.54, 1.807) is 14.2 Å². The molecule has 0 aliphatic heterocycles. The monoisotopic (exact) mass is 350 g/mol. The van der Waals surface area contributed by atoms with Crippen LogP contribution in [0.25, 0.3) is 5.69 Å². The van der Waals surface area contributed by atoms with Crippen molar-refractivity contribution in [3.63, 3.8) is 0 Å². The molecule has 1 heterocycles. The van der Waals surface area contributed by atoms with Gasteiger partial charge in [-0.15, -0.1) is 0 Å². The highest BCUT2D eigenvalue weighted by molar-refractivity contribution is 5.94. The Morgan fingerprint density at radius 1 is 0.962 bits per heavy atom. The van der Waals surface area contributed by atoms with E-state index in [2.05, 4.69) is 5.32 Å². The summed E-state index contributed by atoms with van der Waals surface area (Å²) in [5, 5.41) is 2.95. The van der Waals surface area contributed by atoms with Gasteiger partial charge < -0.3 is 19.4 Å². The standard InChI is InChI=1S/C21H22N2O3/c1-25-19-10-5-16(15-20(19)26-2)11-12-22-21(24)17-6-8-18(9-7-17)23-13-3-4-14-23/h3-10,13-15H,11-12H2,1-2H3,(H,22,24). The molecule has 0 fully saturated rings. The van der Waals surface area contributed by atoms with Crippen LogP contribution in [0.15, 0.2) is 67.0 Å². The normalized spacial score (nSPS) is 10.4. The fourth-order valence-electron chi connectivity index (χ4n) is 2.75. The van der Waals surface area contributed by atoms with Crippen molar-refractivity contribution in [1.29, 1.82) is 0 Å². The molecule has 0 unspecified atom stereocenters. The molecule has 5 heteroatoms. The van der Waals surface area contributed by atoms with Crippen LogP contribution in [0.5, 0.6) is 11.5 Å². The van der Waals surface area contributed by atoms with Crippen LogP contribution in [-0.4, -0.2) is 31.2 Å². The molecule has 3 rings (SSSR count). The third-order valence-corrected chi connectivity index (χ3v) is 4.18. The Morgan fingerprint density at radius 3 is 2.31 bits per heavy atom. The molecule has 0 radical (unpaired) electrons. The van der Waals surface area contributed by atoms with Crippen molar-refractivity contribution in [3.05, 3.63) is 78.1 Å². The lowest BCUT2D eigenvalue weighted by molar-refractivity contribution is 0.0954. The number of benzene rings is 2. The quantitative estimate of drug-likeness (QED) is 0.710. The van der Waals surface area contributed by atoms with Crippen molar-refractivity contribution in [2.45, 2.75) is 6.42 Å². The average Bonchev–Trinajstić information content (AvgIpc) is 3.22. The maximum atomic E-state index is 12.3. The highest BCUT2D eigenvalue weighted by Gasteiger charge is 2.07. The number of aromatic nitrogens is 1. The molecule has 0 aliphatic carbocycles. The second kappa shape index (κ2) is 8.25. The minimum Gasteiger partial charge on any atom is -0.493 e. The molecule has 134 valence electrons. The van der Waals surface area contributed by atoms with Gasteiger partial charge in [-0.1, -0.05) is 6.07 Å². The summed E-state index contributed by atoms with van der Waals surface area (Å²) in [5.74, 6) is 1.31. The van der Waals surface area contributed by atoms with E-state index in [0.29, 0.717) is 30.0 Å². The lowest BCUT2D eigenvalue weighted by Gasteiger charge is -2.10. The van der Waals surface area contributed by atoms with E-state index in [-0.39, 0.29) is 5.91 Å². The molecular weight excluding hydrogens is 328 g/mol. The van der Waals surface area contributed by atoms with Crippen molar-refractivity contribution >= 4 is 5.91 Å². The minimum atomic E-state index is -0.0791. The van der Waals surface area contributed by atoms with Gasteiger partial charge >= 0.3 is 0 Å². The van der Waals surface area contributed by atoms with Crippen LogP contribution >= 0.6 is 0 Å². The van der Waals surface area contributed by atoms with Gasteiger partial charge in [0.2, 0.25) is 0 Å². The largest absolute Gasteiger partial charge is 0.493 e. The van der Waals surface area contributed by atoms with Crippen LogP contribution in [0.1, 0.15) is 15.9 Å². The van der Waals surface area contributed by atoms with Crippen molar-refractivity contribution in [2.75, 3.05) is 20.8 Å². The van der Waals surface area contributed by atoms with Crippen LogP contribution in [-0.2, 0) is 6.42 Å². The molecule has 0 spiro atoms. The van der Waals surface area contributed by atoms with E-state index in [1.807, 2.05) is 71.6 Å². The summed E-state index contributed by atoms with van der Waals surface area (Å²) in [5.41, 5.74) is 2.75. The van der Waals surface area contributed by atoms with Gasteiger partial charge in [0.1, 0.15) is 0 Å². The van der Waals surface area contributed by atoms with Crippen LogP contribution < -0.4 is 14.8 Å². The van der Waals surface area contributed by atoms with Crippen molar-refractivity contribution in [1.82, 2.24) is 9.88 Å². The van der Waals surface area contributed by atoms with E-state index in [4.69, 9.17) is 9.47 Å². The Bertz CT molecular complexity index is 855. The van der Waals surface area contributed by atoms with Gasteiger partial charge in [-0.3, -0.25) is 4.79 Å². The molecule has 0 atom stereocenters. The first-order chi connectivity index (χ1) is 12.7. The number of rotatable bonds is 7. The summed E-state index contributed by atoms with van der Waals surface area (Å²) in [6.07, 6.45) is 4.66. The van der Waals surface area contributed by atoms with E-state index in [0.717, 1.165) is 11.3 Å². The third kappa shape index (κ3) is 4.06. The Hall–Kier alpha value is -3.21. The number of hydrogen-bond donors (Lipinski definition) is 1. The zero-order valence-corrected chi connectivity index (χ0v) is 14.9. The fourth-order valence-corrected chi connectivity index (χ4v) is 2.75. The first-order valence-corrected chi connectivity index (χ1v) is 8.44. The number of methoxy groups -OCH3 is 2. The molecule has 2 aromatic carbocycles. The second-order valence-corrected chi connectivity index (χ2v) is 5.83. The molecule has 1 amide bonds. The Morgan fingerprint density at radius 2 is 1.65 bits per heavy atom.